The first-order valence-electron chi connectivity index (χ1n) is 5.79. The number of carboxylic acids is 1. The van der Waals surface area contributed by atoms with Crippen LogP contribution in [0.4, 0.5) is 4.39 Å². The highest BCUT2D eigenvalue weighted by Gasteiger charge is 2.41. The molecule has 0 aromatic heterocycles. The van der Waals surface area contributed by atoms with E-state index in [1.165, 1.54) is 6.07 Å². The van der Waals surface area contributed by atoms with Crippen molar-refractivity contribution in [2.75, 3.05) is 13.2 Å². The summed E-state index contributed by atoms with van der Waals surface area (Å²) >= 11 is 3.27. The molecular formula is C13H14BrFO3. The minimum atomic E-state index is -1.00. The summed E-state index contributed by atoms with van der Waals surface area (Å²) < 4.78 is 19.7. The van der Waals surface area contributed by atoms with Crippen LogP contribution in [0.15, 0.2) is 22.7 Å². The van der Waals surface area contributed by atoms with E-state index >= 15 is 0 Å². The average molecular weight is 317 g/mol. The van der Waals surface area contributed by atoms with Crippen LogP contribution in [-0.2, 0) is 16.0 Å². The lowest BCUT2D eigenvalue weighted by molar-refractivity contribution is -0.157. The molecule has 1 heterocycles. The normalized spacial score (nSPS) is 23.9. The van der Waals surface area contributed by atoms with Crippen molar-refractivity contribution >= 4 is 21.9 Å². The van der Waals surface area contributed by atoms with E-state index in [-0.39, 0.29) is 18.8 Å². The summed E-state index contributed by atoms with van der Waals surface area (Å²) in [5.41, 5.74) is -0.586. The van der Waals surface area contributed by atoms with E-state index in [0.717, 1.165) is 4.47 Å². The Bertz CT molecular complexity index is 456. The molecule has 2 rings (SSSR count). The van der Waals surface area contributed by atoms with E-state index in [9.17, 15) is 14.3 Å². The van der Waals surface area contributed by atoms with Gasteiger partial charge in [-0.05, 0) is 43.0 Å². The summed E-state index contributed by atoms with van der Waals surface area (Å²) in [6.45, 7) is 0.726. The molecule has 1 fully saturated rings. The van der Waals surface area contributed by atoms with Crippen LogP contribution in [0.2, 0.25) is 0 Å². The summed E-state index contributed by atoms with van der Waals surface area (Å²) in [6, 6.07) is 4.58. The first-order valence-corrected chi connectivity index (χ1v) is 6.58. The van der Waals surface area contributed by atoms with Crippen LogP contribution < -0.4 is 0 Å². The Labute approximate surface area is 113 Å². The highest BCUT2D eigenvalue weighted by Crippen LogP contribution is 2.34. The van der Waals surface area contributed by atoms with Crippen LogP contribution in [0.5, 0.6) is 0 Å². The third-order valence-electron chi connectivity index (χ3n) is 3.31. The molecule has 5 heteroatoms. The Morgan fingerprint density at radius 1 is 1.56 bits per heavy atom. The molecule has 0 bridgehead atoms. The number of aliphatic carboxylic acids is 1. The zero-order valence-electron chi connectivity index (χ0n) is 9.79. The quantitative estimate of drug-likeness (QED) is 0.932. The maximum atomic E-state index is 13.7. The van der Waals surface area contributed by atoms with E-state index in [1.807, 2.05) is 0 Å². The molecular weight excluding hydrogens is 303 g/mol. The molecule has 0 spiro atoms. The van der Waals surface area contributed by atoms with Gasteiger partial charge in [-0.1, -0.05) is 15.9 Å². The fourth-order valence-corrected chi connectivity index (χ4v) is 2.69. The maximum absolute atomic E-state index is 13.7. The number of benzene rings is 1. The van der Waals surface area contributed by atoms with Gasteiger partial charge in [0.15, 0.2) is 0 Å². The summed E-state index contributed by atoms with van der Waals surface area (Å²) in [5.74, 6) is -1.29. The second-order valence-electron chi connectivity index (χ2n) is 4.65. The molecule has 1 aliphatic heterocycles. The van der Waals surface area contributed by atoms with Crippen molar-refractivity contribution in [2.24, 2.45) is 5.41 Å². The zero-order chi connectivity index (χ0) is 13.2. The smallest absolute Gasteiger partial charge is 0.312 e. The van der Waals surface area contributed by atoms with Gasteiger partial charge in [-0.2, -0.15) is 0 Å². The third-order valence-corrected chi connectivity index (χ3v) is 3.81. The fourth-order valence-electron chi connectivity index (χ4n) is 2.28. The molecule has 0 radical (unpaired) electrons. The van der Waals surface area contributed by atoms with E-state index in [4.69, 9.17) is 4.74 Å². The van der Waals surface area contributed by atoms with Gasteiger partial charge >= 0.3 is 5.97 Å². The Morgan fingerprint density at radius 3 is 2.94 bits per heavy atom. The van der Waals surface area contributed by atoms with Crippen molar-refractivity contribution in [1.82, 2.24) is 0 Å². The Kier molecular flexibility index (Phi) is 4.02. The maximum Gasteiger partial charge on any atom is 0.312 e. The molecule has 1 atom stereocenters. The van der Waals surface area contributed by atoms with Crippen LogP contribution in [-0.4, -0.2) is 24.3 Å². The summed E-state index contributed by atoms with van der Waals surface area (Å²) in [5, 5.41) is 9.40. The number of carboxylic acid groups (broad SMARTS) is 1. The Morgan fingerprint density at radius 2 is 2.33 bits per heavy atom. The first-order chi connectivity index (χ1) is 8.53. The summed E-state index contributed by atoms with van der Waals surface area (Å²) in [6.07, 6.45) is 1.38. The van der Waals surface area contributed by atoms with Gasteiger partial charge in [0.1, 0.15) is 5.82 Å². The predicted molar refractivity (Wildman–Crippen MR) is 67.9 cm³/mol. The lowest BCUT2D eigenvalue weighted by atomic mass is 9.77. The SMILES string of the molecule is O=C(O)C1(Cc2cc(Br)ccc2F)CCCOC1. The van der Waals surface area contributed by atoms with Crippen molar-refractivity contribution in [3.8, 4) is 0 Å². The lowest BCUT2D eigenvalue weighted by Gasteiger charge is -2.33. The van der Waals surface area contributed by atoms with E-state index in [2.05, 4.69) is 15.9 Å². The summed E-state index contributed by atoms with van der Waals surface area (Å²) in [4.78, 5) is 11.5. The van der Waals surface area contributed by atoms with Crippen molar-refractivity contribution in [2.45, 2.75) is 19.3 Å². The predicted octanol–water partition coefficient (Wildman–Crippen LogP) is 3.01. The second-order valence-corrected chi connectivity index (χ2v) is 5.57. The number of ether oxygens (including phenoxy) is 1. The number of hydrogen-bond acceptors (Lipinski definition) is 2. The number of halogens is 2. The Balaban J connectivity index is 2.28. The van der Waals surface area contributed by atoms with Gasteiger partial charge in [0.05, 0.1) is 12.0 Å². The highest BCUT2D eigenvalue weighted by molar-refractivity contribution is 9.10. The van der Waals surface area contributed by atoms with Crippen molar-refractivity contribution < 1.29 is 19.0 Å². The third kappa shape index (κ3) is 2.72. The second kappa shape index (κ2) is 5.36. The average Bonchev–Trinajstić information content (AvgIpc) is 2.35. The number of rotatable bonds is 3. The minimum Gasteiger partial charge on any atom is -0.481 e. The first kappa shape index (κ1) is 13.5. The van der Waals surface area contributed by atoms with Crippen LogP contribution in [0.1, 0.15) is 18.4 Å². The molecule has 1 saturated heterocycles. The molecule has 1 N–H and O–H groups in total. The van der Waals surface area contributed by atoms with Gasteiger partial charge in [0, 0.05) is 11.1 Å². The fraction of sp³-hybridized carbons (Fsp3) is 0.462. The van der Waals surface area contributed by atoms with Gasteiger partial charge in [-0.3, -0.25) is 4.79 Å². The molecule has 1 aromatic carbocycles. The lowest BCUT2D eigenvalue weighted by Crippen LogP contribution is -2.41. The van der Waals surface area contributed by atoms with Crippen LogP contribution in [0, 0.1) is 11.2 Å². The zero-order valence-corrected chi connectivity index (χ0v) is 11.4. The molecule has 0 saturated carbocycles. The topological polar surface area (TPSA) is 46.5 Å². The Hall–Kier alpha value is -0.940. The van der Waals surface area contributed by atoms with Gasteiger partial charge in [0.2, 0.25) is 0 Å². The summed E-state index contributed by atoms with van der Waals surface area (Å²) in [7, 11) is 0. The standard InChI is InChI=1S/C13H14BrFO3/c14-10-2-3-11(15)9(6-10)7-13(12(16)17)4-1-5-18-8-13/h2-3,6H,1,4-5,7-8H2,(H,16,17). The molecule has 1 aromatic rings. The molecule has 98 valence electrons. The van der Waals surface area contributed by atoms with Gasteiger partial charge in [-0.15, -0.1) is 0 Å². The largest absolute Gasteiger partial charge is 0.481 e. The number of carbonyl (C=O) groups is 1. The van der Waals surface area contributed by atoms with E-state index in [0.29, 0.717) is 25.0 Å². The number of hydrogen-bond donors (Lipinski definition) is 1. The molecule has 3 nitrogen and oxygen atoms in total. The van der Waals surface area contributed by atoms with E-state index < -0.39 is 11.4 Å². The monoisotopic (exact) mass is 316 g/mol. The minimum absolute atomic E-state index is 0.147. The molecule has 0 aliphatic carbocycles. The van der Waals surface area contributed by atoms with Crippen molar-refractivity contribution in [3.63, 3.8) is 0 Å². The molecule has 1 unspecified atom stereocenters. The van der Waals surface area contributed by atoms with Gasteiger partial charge in [0.25, 0.3) is 0 Å². The molecule has 18 heavy (non-hydrogen) atoms. The molecule has 0 amide bonds. The molecule has 1 aliphatic rings. The van der Waals surface area contributed by atoms with Crippen LogP contribution in [0.3, 0.4) is 0 Å². The van der Waals surface area contributed by atoms with Gasteiger partial charge < -0.3 is 9.84 Å². The van der Waals surface area contributed by atoms with E-state index in [1.54, 1.807) is 12.1 Å². The van der Waals surface area contributed by atoms with Crippen LogP contribution in [0.25, 0.3) is 0 Å². The van der Waals surface area contributed by atoms with Crippen molar-refractivity contribution in [1.29, 1.82) is 0 Å². The van der Waals surface area contributed by atoms with Crippen molar-refractivity contribution in [3.05, 3.63) is 34.1 Å². The van der Waals surface area contributed by atoms with Crippen LogP contribution >= 0.6 is 15.9 Å². The highest BCUT2D eigenvalue weighted by atomic mass is 79.9. The van der Waals surface area contributed by atoms with Gasteiger partial charge in [-0.25, -0.2) is 4.39 Å².